The van der Waals surface area contributed by atoms with E-state index in [2.05, 4.69) is 5.32 Å². The zero-order chi connectivity index (χ0) is 20.5. The summed E-state index contributed by atoms with van der Waals surface area (Å²) in [6.07, 6.45) is 3.12. The number of para-hydroxylation sites is 1. The molecule has 2 amide bonds. The minimum absolute atomic E-state index is 0.174. The number of nitrogens with one attached hydrogen (secondary N) is 1. The van der Waals surface area contributed by atoms with Crippen LogP contribution in [0.2, 0.25) is 0 Å². The van der Waals surface area contributed by atoms with Gasteiger partial charge in [-0.15, -0.1) is 0 Å². The molecule has 6 heteroatoms. The molecule has 0 heterocycles. The molecule has 3 rings (SSSR count). The summed E-state index contributed by atoms with van der Waals surface area (Å²) in [6.45, 7) is -0.174. The second-order valence-corrected chi connectivity index (χ2v) is 6.09. The zero-order valence-electron chi connectivity index (χ0n) is 15.6. The number of primary amides is 1. The quantitative estimate of drug-likeness (QED) is 0.571. The molecule has 0 saturated heterocycles. The molecule has 0 aromatic heterocycles. The molecule has 0 unspecified atom stereocenters. The number of carbonyl (C=O) groups excluding carboxylic acids is 2. The zero-order valence-corrected chi connectivity index (χ0v) is 15.6. The van der Waals surface area contributed by atoms with Crippen molar-refractivity contribution in [2.75, 3.05) is 11.9 Å². The molecular weight excluding hydrogens is 368 g/mol. The maximum atomic E-state index is 12.1. The molecule has 0 saturated carbocycles. The van der Waals surface area contributed by atoms with Gasteiger partial charge in [0.05, 0.1) is 0 Å². The minimum atomic E-state index is -0.537. The van der Waals surface area contributed by atoms with Crippen LogP contribution in [0.15, 0.2) is 84.9 Å². The van der Waals surface area contributed by atoms with Crippen molar-refractivity contribution in [3.8, 4) is 17.2 Å². The monoisotopic (exact) mass is 388 g/mol. The first kappa shape index (κ1) is 19.7. The molecular formula is C23H20N2O4. The van der Waals surface area contributed by atoms with Gasteiger partial charge in [0, 0.05) is 11.8 Å². The molecule has 0 spiro atoms. The highest BCUT2D eigenvalue weighted by Crippen LogP contribution is 2.22. The first-order valence-electron chi connectivity index (χ1n) is 8.92. The van der Waals surface area contributed by atoms with Gasteiger partial charge in [-0.3, -0.25) is 9.59 Å². The molecule has 0 fully saturated rings. The van der Waals surface area contributed by atoms with Crippen molar-refractivity contribution in [1.82, 2.24) is 0 Å². The predicted octanol–water partition coefficient (Wildman–Crippen LogP) is 3.99. The molecule has 0 aliphatic carbocycles. The van der Waals surface area contributed by atoms with Crippen LogP contribution in [-0.2, 0) is 9.59 Å². The fourth-order valence-electron chi connectivity index (χ4n) is 2.42. The Bertz CT molecular complexity index is 982. The molecule has 3 aromatic rings. The van der Waals surface area contributed by atoms with Gasteiger partial charge in [-0.25, -0.2) is 0 Å². The van der Waals surface area contributed by atoms with Crippen molar-refractivity contribution in [1.29, 1.82) is 0 Å². The van der Waals surface area contributed by atoms with Gasteiger partial charge in [0.1, 0.15) is 17.2 Å². The number of anilines is 1. The Labute approximate surface area is 168 Å². The topological polar surface area (TPSA) is 90.7 Å². The van der Waals surface area contributed by atoms with Gasteiger partial charge in [0.2, 0.25) is 5.91 Å². The number of benzene rings is 3. The van der Waals surface area contributed by atoms with Crippen LogP contribution < -0.4 is 20.5 Å². The van der Waals surface area contributed by atoms with E-state index in [0.29, 0.717) is 17.2 Å². The average Bonchev–Trinajstić information content (AvgIpc) is 2.74. The van der Waals surface area contributed by atoms with Gasteiger partial charge in [-0.2, -0.15) is 0 Å². The van der Waals surface area contributed by atoms with E-state index in [1.165, 1.54) is 6.08 Å². The molecule has 0 aliphatic heterocycles. The minimum Gasteiger partial charge on any atom is -0.484 e. The van der Waals surface area contributed by atoms with Gasteiger partial charge in [0.15, 0.2) is 6.61 Å². The van der Waals surface area contributed by atoms with Crippen LogP contribution in [-0.4, -0.2) is 18.4 Å². The van der Waals surface area contributed by atoms with Gasteiger partial charge < -0.3 is 20.5 Å². The third-order valence-electron chi connectivity index (χ3n) is 3.79. The molecule has 3 aromatic carbocycles. The highest BCUT2D eigenvalue weighted by Gasteiger charge is 2.01. The third-order valence-corrected chi connectivity index (χ3v) is 3.79. The van der Waals surface area contributed by atoms with Crippen LogP contribution in [0, 0.1) is 0 Å². The molecule has 146 valence electrons. The Morgan fingerprint density at radius 3 is 2.10 bits per heavy atom. The second-order valence-electron chi connectivity index (χ2n) is 6.09. The Morgan fingerprint density at radius 1 is 0.828 bits per heavy atom. The summed E-state index contributed by atoms with van der Waals surface area (Å²) in [6, 6.07) is 23.5. The fourth-order valence-corrected chi connectivity index (χ4v) is 2.42. The van der Waals surface area contributed by atoms with E-state index in [1.807, 2.05) is 30.3 Å². The van der Waals surface area contributed by atoms with Crippen LogP contribution in [0.1, 0.15) is 5.56 Å². The maximum Gasteiger partial charge on any atom is 0.255 e. The Balaban J connectivity index is 1.51. The van der Waals surface area contributed by atoms with Gasteiger partial charge in [-0.05, 0) is 60.2 Å². The van der Waals surface area contributed by atoms with Crippen LogP contribution in [0.4, 0.5) is 5.69 Å². The lowest BCUT2D eigenvalue weighted by atomic mass is 10.2. The summed E-state index contributed by atoms with van der Waals surface area (Å²) in [5.74, 6) is 1.17. The number of carbonyl (C=O) groups is 2. The van der Waals surface area contributed by atoms with Crippen LogP contribution in [0.25, 0.3) is 6.08 Å². The molecule has 3 N–H and O–H groups in total. The van der Waals surface area contributed by atoms with Crippen LogP contribution >= 0.6 is 0 Å². The van der Waals surface area contributed by atoms with E-state index in [-0.39, 0.29) is 12.5 Å². The number of ether oxygens (including phenoxy) is 2. The molecule has 0 atom stereocenters. The lowest BCUT2D eigenvalue weighted by Gasteiger charge is -2.07. The highest BCUT2D eigenvalue weighted by atomic mass is 16.5. The molecule has 29 heavy (non-hydrogen) atoms. The largest absolute Gasteiger partial charge is 0.484 e. The van der Waals surface area contributed by atoms with E-state index in [4.69, 9.17) is 15.2 Å². The van der Waals surface area contributed by atoms with Crippen molar-refractivity contribution in [3.63, 3.8) is 0 Å². The SMILES string of the molecule is NC(=O)COc1ccc(/C=C/C(=O)Nc2ccc(Oc3ccccc3)cc2)cc1. The van der Waals surface area contributed by atoms with Gasteiger partial charge >= 0.3 is 0 Å². The lowest BCUT2D eigenvalue weighted by Crippen LogP contribution is -2.19. The van der Waals surface area contributed by atoms with Crippen molar-refractivity contribution in [2.45, 2.75) is 0 Å². The van der Waals surface area contributed by atoms with E-state index in [0.717, 1.165) is 11.3 Å². The number of hydrogen-bond acceptors (Lipinski definition) is 4. The highest BCUT2D eigenvalue weighted by molar-refractivity contribution is 6.01. The normalized spacial score (nSPS) is 10.5. The Kier molecular flexibility index (Phi) is 6.62. The van der Waals surface area contributed by atoms with Crippen LogP contribution in [0.3, 0.4) is 0 Å². The number of amides is 2. The van der Waals surface area contributed by atoms with Crippen LogP contribution in [0.5, 0.6) is 17.2 Å². The summed E-state index contributed by atoms with van der Waals surface area (Å²) in [7, 11) is 0. The summed E-state index contributed by atoms with van der Waals surface area (Å²) in [4.78, 5) is 22.8. The smallest absolute Gasteiger partial charge is 0.255 e. The summed E-state index contributed by atoms with van der Waals surface area (Å²) in [5, 5.41) is 2.79. The third kappa shape index (κ3) is 6.55. The van der Waals surface area contributed by atoms with Crippen molar-refractivity contribution in [2.24, 2.45) is 5.73 Å². The van der Waals surface area contributed by atoms with Gasteiger partial charge in [0.25, 0.3) is 5.91 Å². The Morgan fingerprint density at radius 2 is 1.45 bits per heavy atom. The first-order chi connectivity index (χ1) is 14.1. The molecule has 0 radical (unpaired) electrons. The fraction of sp³-hybridized carbons (Fsp3) is 0.0435. The van der Waals surface area contributed by atoms with E-state index in [1.54, 1.807) is 54.6 Å². The van der Waals surface area contributed by atoms with Crippen molar-refractivity contribution < 1.29 is 19.1 Å². The summed E-state index contributed by atoms with van der Waals surface area (Å²) < 4.78 is 10.9. The van der Waals surface area contributed by atoms with E-state index >= 15 is 0 Å². The standard InChI is InChI=1S/C23H20N2O4/c24-22(26)16-28-19-11-6-17(7-12-19)8-15-23(27)25-18-9-13-21(14-10-18)29-20-4-2-1-3-5-20/h1-15H,16H2,(H2,24,26)(H,25,27)/b15-8+. The van der Waals surface area contributed by atoms with E-state index in [9.17, 15) is 9.59 Å². The van der Waals surface area contributed by atoms with Crippen molar-refractivity contribution >= 4 is 23.6 Å². The summed E-state index contributed by atoms with van der Waals surface area (Å²) in [5.41, 5.74) is 6.51. The molecule has 0 aliphatic rings. The number of rotatable bonds is 8. The van der Waals surface area contributed by atoms with E-state index < -0.39 is 5.91 Å². The maximum absolute atomic E-state index is 12.1. The second kappa shape index (κ2) is 9.75. The Hall–Kier alpha value is -4.06. The summed E-state index contributed by atoms with van der Waals surface area (Å²) >= 11 is 0. The number of nitrogens with two attached hydrogens (primary N) is 1. The van der Waals surface area contributed by atoms with Crippen molar-refractivity contribution in [3.05, 3.63) is 90.5 Å². The predicted molar refractivity (Wildman–Crippen MR) is 112 cm³/mol. The molecule has 6 nitrogen and oxygen atoms in total. The average molecular weight is 388 g/mol. The first-order valence-corrected chi connectivity index (χ1v) is 8.92. The van der Waals surface area contributed by atoms with Gasteiger partial charge in [-0.1, -0.05) is 30.3 Å². The number of hydrogen-bond donors (Lipinski definition) is 2. The molecule has 0 bridgehead atoms. The lowest BCUT2D eigenvalue weighted by molar-refractivity contribution is -0.120.